The molecule has 8 aromatic rings. The Morgan fingerprint density at radius 2 is 1.19 bits per heavy atom. The standard InChI is InChI=1S/C61H68N6O6/c1-9-64(10-2)43-31-33-47(56-48(27-23-35-62-56)59(68)72-57-42(8)67(14-6)52-30-20-18-26-46(52)57)53(39-43)70-37-21-15-16-22-38-71-54-40-44(65(11-3)12-4)32-34-50(54)61(58-49(60(69)73-61)28-24-36-63-58)55-41(7)66(13-5)51-29-19-17-25-45(51)55/h17-20,23-36,39-40H,9-16,21-22,37-38H2,1-8H3. The molecule has 73 heavy (non-hydrogen) atoms. The summed E-state index contributed by atoms with van der Waals surface area (Å²) in [6.45, 7) is 22.6. The molecule has 4 aromatic heterocycles. The SMILES string of the molecule is CCN(CC)c1ccc(-c2ncccc2C(=O)Oc2c(C)n(CC)c3ccccc23)c(OCCCCCCOc2cc(N(CC)CC)ccc2C2(c3c(C)n(CC)c4ccccc34)OC(=O)c3cccnc32)c1. The van der Waals surface area contributed by atoms with Gasteiger partial charge >= 0.3 is 11.9 Å². The number of rotatable bonds is 22. The number of para-hydroxylation sites is 2. The third-order valence-corrected chi connectivity index (χ3v) is 14.6. The van der Waals surface area contributed by atoms with E-state index in [-0.39, 0.29) is 0 Å². The number of carbonyl (C=O) groups excluding carboxylic acids is 2. The second-order valence-electron chi connectivity index (χ2n) is 18.5. The number of nitrogens with zero attached hydrogens (tertiary/aromatic N) is 6. The number of fused-ring (bicyclic) bond motifs is 3. The van der Waals surface area contributed by atoms with Gasteiger partial charge in [0.05, 0.1) is 41.2 Å². The summed E-state index contributed by atoms with van der Waals surface area (Å²) in [5, 5.41) is 1.90. The van der Waals surface area contributed by atoms with Crippen LogP contribution in [0.2, 0.25) is 0 Å². The zero-order chi connectivity index (χ0) is 51.2. The average Bonchev–Trinajstić information content (AvgIpc) is 3.99. The van der Waals surface area contributed by atoms with Gasteiger partial charge in [-0.25, -0.2) is 9.59 Å². The molecule has 0 saturated heterocycles. The number of unbranched alkanes of at least 4 members (excludes halogenated alkanes) is 3. The molecular formula is C61H68N6O6. The van der Waals surface area contributed by atoms with Crippen LogP contribution in [0.1, 0.15) is 116 Å². The molecule has 0 aliphatic carbocycles. The van der Waals surface area contributed by atoms with Crippen LogP contribution in [0.3, 0.4) is 0 Å². The lowest BCUT2D eigenvalue weighted by Gasteiger charge is -2.32. The van der Waals surface area contributed by atoms with Gasteiger partial charge in [0.2, 0.25) is 5.60 Å². The highest BCUT2D eigenvalue weighted by Crippen LogP contribution is 2.53. The molecule has 1 atom stereocenters. The number of aromatic nitrogens is 4. The Balaban J connectivity index is 0.938. The normalized spacial score (nSPS) is 14.1. The van der Waals surface area contributed by atoms with Gasteiger partial charge in [-0.3, -0.25) is 9.97 Å². The van der Waals surface area contributed by atoms with Crippen LogP contribution in [-0.2, 0) is 23.4 Å². The van der Waals surface area contributed by atoms with E-state index < -0.39 is 17.5 Å². The molecule has 1 aliphatic heterocycles. The fourth-order valence-corrected chi connectivity index (χ4v) is 11.0. The molecule has 5 heterocycles. The zero-order valence-electron chi connectivity index (χ0n) is 43.7. The Morgan fingerprint density at radius 3 is 1.86 bits per heavy atom. The van der Waals surface area contributed by atoms with Crippen LogP contribution in [0.25, 0.3) is 33.1 Å². The summed E-state index contributed by atoms with van der Waals surface area (Å²) in [5.74, 6) is 0.998. The summed E-state index contributed by atoms with van der Waals surface area (Å²) in [5.41, 5.74) is 8.97. The molecule has 0 saturated carbocycles. The Morgan fingerprint density at radius 1 is 0.616 bits per heavy atom. The van der Waals surface area contributed by atoms with Crippen molar-refractivity contribution in [1.29, 1.82) is 0 Å². The molecule has 12 nitrogen and oxygen atoms in total. The van der Waals surface area contributed by atoms with Crippen molar-refractivity contribution in [3.8, 4) is 28.5 Å². The van der Waals surface area contributed by atoms with E-state index in [0.29, 0.717) is 53.0 Å². The number of pyridine rings is 2. The fraction of sp³-hybridized carbons (Fsp3) is 0.344. The second-order valence-corrected chi connectivity index (χ2v) is 18.5. The average molecular weight is 981 g/mol. The van der Waals surface area contributed by atoms with Crippen molar-refractivity contribution < 1.29 is 28.5 Å². The summed E-state index contributed by atoms with van der Waals surface area (Å²) in [4.78, 5) is 42.4. The van der Waals surface area contributed by atoms with Crippen molar-refractivity contribution >= 4 is 45.1 Å². The number of anilines is 2. The van der Waals surface area contributed by atoms with Crippen LogP contribution >= 0.6 is 0 Å². The van der Waals surface area contributed by atoms with E-state index in [4.69, 9.17) is 28.9 Å². The van der Waals surface area contributed by atoms with Crippen molar-refractivity contribution in [2.24, 2.45) is 0 Å². The van der Waals surface area contributed by atoms with Crippen molar-refractivity contribution in [2.75, 3.05) is 49.2 Å². The van der Waals surface area contributed by atoms with E-state index in [1.807, 2.05) is 43.3 Å². The highest BCUT2D eigenvalue weighted by molar-refractivity contribution is 6.01. The van der Waals surface area contributed by atoms with E-state index in [1.165, 1.54) is 0 Å². The molecule has 378 valence electrons. The lowest BCUT2D eigenvalue weighted by molar-refractivity contribution is 0.0237. The predicted molar refractivity (Wildman–Crippen MR) is 292 cm³/mol. The molecule has 0 spiro atoms. The van der Waals surface area contributed by atoms with Crippen molar-refractivity contribution in [2.45, 2.75) is 99.8 Å². The Hall–Kier alpha value is -7.60. The maximum absolute atomic E-state index is 14.2. The first-order valence-electron chi connectivity index (χ1n) is 26.2. The molecule has 0 N–H and O–H groups in total. The maximum Gasteiger partial charge on any atom is 0.345 e. The van der Waals surface area contributed by atoms with E-state index in [0.717, 1.165) is 126 Å². The lowest BCUT2D eigenvalue weighted by Crippen LogP contribution is -2.32. The summed E-state index contributed by atoms with van der Waals surface area (Å²) in [6, 6.07) is 35.9. The number of cyclic esters (lactones) is 1. The Labute approximate surface area is 429 Å². The van der Waals surface area contributed by atoms with E-state index in [1.54, 1.807) is 36.7 Å². The van der Waals surface area contributed by atoms with Gasteiger partial charge in [0, 0.05) is 114 Å². The number of ether oxygens (including phenoxy) is 4. The number of esters is 2. The third kappa shape index (κ3) is 9.28. The second kappa shape index (κ2) is 22.0. The lowest BCUT2D eigenvalue weighted by atomic mass is 9.80. The molecule has 12 heteroatoms. The molecule has 0 bridgehead atoms. The molecular weight excluding hydrogens is 913 g/mol. The monoisotopic (exact) mass is 981 g/mol. The number of hydrogen-bond acceptors (Lipinski definition) is 10. The van der Waals surface area contributed by atoms with E-state index in [2.05, 4.69) is 116 Å². The van der Waals surface area contributed by atoms with Crippen LogP contribution in [-0.4, -0.2) is 70.4 Å². The molecule has 0 radical (unpaired) electrons. The van der Waals surface area contributed by atoms with Gasteiger partial charge in [0.25, 0.3) is 0 Å². The highest BCUT2D eigenvalue weighted by Gasteiger charge is 2.54. The number of hydrogen-bond donors (Lipinski definition) is 0. The smallest absolute Gasteiger partial charge is 0.345 e. The molecule has 1 unspecified atom stereocenters. The molecule has 1 aliphatic rings. The first kappa shape index (κ1) is 50.3. The minimum atomic E-state index is -1.35. The first-order chi connectivity index (χ1) is 35.6. The van der Waals surface area contributed by atoms with Crippen molar-refractivity contribution in [1.82, 2.24) is 19.1 Å². The van der Waals surface area contributed by atoms with Gasteiger partial charge in [0.1, 0.15) is 17.2 Å². The van der Waals surface area contributed by atoms with Crippen molar-refractivity contribution in [3.05, 3.63) is 161 Å². The Bertz CT molecular complexity index is 3280. The molecule has 4 aromatic carbocycles. The first-order valence-corrected chi connectivity index (χ1v) is 26.2. The largest absolute Gasteiger partial charge is 0.493 e. The summed E-state index contributed by atoms with van der Waals surface area (Å²) in [6.07, 6.45) is 6.85. The van der Waals surface area contributed by atoms with Crippen molar-refractivity contribution in [3.63, 3.8) is 0 Å². The third-order valence-electron chi connectivity index (χ3n) is 14.6. The van der Waals surface area contributed by atoms with Gasteiger partial charge in [-0.1, -0.05) is 30.3 Å². The number of carbonyl (C=O) groups is 2. The van der Waals surface area contributed by atoms with Crippen LogP contribution in [0.15, 0.2) is 122 Å². The molecule has 0 fully saturated rings. The van der Waals surface area contributed by atoms with E-state index in [9.17, 15) is 9.59 Å². The summed E-state index contributed by atoms with van der Waals surface area (Å²) < 4.78 is 30.9. The van der Waals surface area contributed by atoms with Gasteiger partial charge in [0.15, 0.2) is 5.75 Å². The maximum atomic E-state index is 14.2. The van der Waals surface area contributed by atoms with E-state index >= 15 is 0 Å². The number of benzene rings is 4. The topological polar surface area (TPSA) is 113 Å². The quantitative estimate of drug-likeness (QED) is 0.0480. The fourth-order valence-electron chi connectivity index (χ4n) is 11.0. The summed E-state index contributed by atoms with van der Waals surface area (Å²) >= 11 is 0. The summed E-state index contributed by atoms with van der Waals surface area (Å²) in [7, 11) is 0. The zero-order valence-corrected chi connectivity index (χ0v) is 43.7. The van der Waals surface area contributed by atoms with Gasteiger partial charge in [-0.15, -0.1) is 0 Å². The van der Waals surface area contributed by atoms with Gasteiger partial charge in [-0.05, 0) is 148 Å². The minimum absolute atomic E-state index is 0.363. The Kier molecular flexibility index (Phi) is 15.2. The number of aryl methyl sites for hydroxylation is 2. The van der Waals surface area contributed by atoms with Gasteiger partial charge < -0.3 is 37.9 Å². The molecule has 9 rings (SSSR count). The molecule has 0 amide bonds. The minimum Gasteiger partial charge on any atom is -0.493 e. The van der Waals surface area contributed by atoms with Crippen LogP contribution in [0, 0.1) is 13.8 Å². The van der Waals surface area contributed by atoms with Crippen LogP contribution in [0.4, 0.5) is 11.4 Å². The van der Waals surface area contributed by atoms with Crippen LogP contribution in [0.5, 0.6) is 17.2 Å². The highest BCUT2D eigenvalue weighted by atomic mass is 16.6. The van der Waals surface area contributed by atoms with Crippen LogP contribution < -0.4 is 24.0 Å². The van der Waals surface area contributed by atoms with Gasteiger partial charge in [-0.2, -0.15) is 0 Å². The predicted octanol–water partition coefficient (Wildman–Crippen LogP) is 13.1.